The first-order valence-corrected chi connectivity index (χ1v) is 7.01. The molecule has 3 rings (SSSR count). The summed E-state index contributed by atoms with van der Waals surface area (Å²) in [5.41, 5.74) is 3.06. The summed E-state index contributed by atoms with van der Waals surface area (Å²) in [4.78, 5) is 11.4. The molecule has 0 unspecified atom stereocenters. The lowest BCUT2D eigenvalue weighted by Crippen LogP contribution is -1.99. The Kier molecular flexibility index (Phi) is 4.25. The minimum absolute atomic E-state index is 0.00166. The Morgan fingerprint density at radius 3 is 2.41 bits per heavy atom. The van der Waals surface area contributed by atoms with Crippen molar-refractivity contribution in [3.63, 3.8) is 0 Å². The van der Waals surface area contributed by atoms with Crippen molar-refractivity contribution in [1.82, 2.24) is 15.0 Å². The maximum absolute atomic E-state index is 13.6. The summed E-state index contributed by atoms with van der Waals surface area (Å²) in [5, 5.41) is 2.88. The third-order valence-corrected chi connectivity index (χ3v) is 3.27. The summed E-state index contributed by atoms with van der Waals surface area (Å²) in [7, 11) is 0. The molecule has 0 aliphatic heterocycles. The van der Waals surface area contributed by atoms with Crippen LogP contribution in [0.2, 0.25) is 5.28 Å². The Morgan fingerprint density at radius 2 is 1.68 bits per heavy atom. The van der Waals surface area contributed by atoms with Crippen LogP contribution in [0.5, 0.6) is 0 Å². The van der Waals surface area contributed by atoms with Gasteiger partial charge in [-0.2, -0.15) is 4.98 Å². The van der Waals surface area contributed by atoms with Crippen LogP contribution in [0.3, 0.4) is 0 Å². The van der Waals surface area contributed by atoms with Gasteiger partial charge in [0.15, 0.2) is 11.6 Å². The van der Waals surface area contributed by atoms with Gasteiger partial charge < -0.3 is 5.32 Å². The molecule has 0 aliphatic rings. The highest BCUT2D eigenvalue weighted by atomic mass is 35.5. The lowest BCUT2D eigenvalue weighted by atomic mass is 10.1. The van der Waals surface area contributed by atoms with E-state index in [0.29, 0.717) is 0 Å². The Hall–Kier alpha value is -2.53. The zero-order chi connectivity index (χ0) is 15.4. The molecule has 0 saturated heterocycles. The highest BCUT2D eigenvalue weighted by Gasteiger charge is 2.06. The third kappa shape index (κ3) is 3.56. The van der Waals surface area contributed by atoms with E-state index in [1.54, 1.807) is 12.4 Å². The number of benzene rings is 1. The lowest BCUT2D eigenvalue weighted by Gasteiger charge is -2.08. The van der Waals surface area contributed by atoms with E-state index in [1.165, 1.54) is 5.56 Å². The van der Waals surface area contributed by atoms with Gasteiger partial charge >= 0.3 is 0 Å². The van der Waals surface area contributed by atoms with Crippen molar-refractivity contribution >= 4 is 23.1 Å². The number of halogens is 2. The minimum Gasteiger partial charge on any atom is -0.338 e. The predicted octanol–water partition coefficient (Wildman–Crippen LogP) is 4.00. The third-order valence-electron chi connectivity index (χ3n) is 3.09. The van der Waals surface area contributed by atoms with Crippen molar-refractivity contribution in [3.8, 4) is 0 Å². The van der Waals surface area contributed by atoms with Crippen molar-refractivity contribution < 1.29 is 4.39 Å². The number of rotatable bonds is 4. The Bertz CT molecular complexity index is 763. The number of aromatic nitrogens is 3. The van der Waals surface area contributed by atoms with Crippen LogP contribution in [-0.2, 0) is 6.42 Å². The highest BCUT2D eigenvalue weighted by Crippen LogP contribution is 2.20. The van der Waals surface area contributed by atoms with Crippen molar-refractivity contribution in [1.29, 1.82) is 0 Å². The number of nitrogens with one attached hydrogen (secondary N) is 1. The summed E-state index contributed by atoms with van der Waals surface area (Å²) in [6, 6.07) is 11.6. The molecular formula is C16H12ClFN4. The standard InChI is InChI=1S/C16H12ClFN4/c17-16-20-10-14(18)15(22-16)21-13-3-1-11(2-4-13)9-12-5-7-19-8-6-12/h1-8,10H,9H2,(H,20,21,22). The molecule has 0 saturated carbocycles. The molecule has 0 bridgehead atoms. The van der Waals surface area contributed by atoms with E-state index < -0.39 is 5.82 Å². The summed E-state index contributed by atoms with van der Waals surface area (Å²) in [5.74, 6) is -0.493. The number of hydrogen-bond donors (Lipinski definition) is 1. The first-order chi connectivity index (χ1) is 10.7. The van der Waals surface area contributed by atoms with Gasteiger partial charge in [0, 0.05) is 18.1 Å². The van der Waals surface area contributed by atoms with Crippen LogP contribution in [0.4, 0.5) is 15.9 Å². The van der Waals surface area contributed by atoms with Crippen LogP contribution >= 0.6 is 11.6 Å². The van der Waals surface area contributed by atoms with E-state index in [0.717, 1.165) is 23.9 Å². The number of pyridine rings is 1. The highest BCUT2D eigenvalue weighted by molar-refractivity contribution is 6.28. The molecule has 22 heavy (non-hydrogen) atoms. The molecule has 0 spiro atoms. The number of nitrogens with zero attached hydrogens (tertiary/aromatic N) is 3. The zero-order valence-corrected chi connectivity index (χ0v) is 12.3. The van der Waals surface area contributed by atoms with E-state index in [2.05, 4.69) is 20.3 Å². The molecule has 3 aromatic rings. The van der Waals surface area contributed by atoms with E-state index in [1.807, 2.05) is 36.4 Å². The maximum atomic E-state index is 13.6. The molecule has 110 valence electrons. The fourth-order valence-corrected chi connectivity index (χ4v) is 2.15. The van der Waals surface area contributed by atoms with E-state index >= 15 is 0 Å². The Morgan fingerprint density at radius 1 is 1.00 bits per heavy atom. The lowest BCUT2D eigenvalue weighted by molar-refractivity contribution is 0.619. The van der Waals surface area contributed by atoms with Crippen LogP contribution in [0.25, 0.3) is 0 Å². The topological polar surface area (TPSA) is 50.7 Å². The molecule has 6 heteroatoms. The second kappa shape index (κ2) is 6.49. The molecule has 1 N–H and O–H groups in total. The average Bonchev–Trinajstić information content (AvgIpc) is 2.54. The van der Waals surface area contributed by atoms with Crippen LogP contribution in [0.1, 0.15) is 11.1 Å². The molecule has 0 aliphatic carbocycles. The van der Waals surface area contributed by atoms with Gasteiger partial charge in [-0.3, -0.25) is 4.98 Å². The maximum Gasteiger partial charge on any atom is 0.224 e. The number of hydrogen-bond acceptors (Lipinski definition) is 4. The van der Waals surface area contributed by atoms with Gasteiger partial charge in [-0.25, -0.2) is 9.37 Å². The normalized spacial score (nSPS) is 10.5. The molecule has 0 fully saturated rings. The zero-order valence-electron chi connectivity index (χ0n) is 11.5. The molecule has 4 nitrogen and oxygen atoms in total. The minimum atomic E-state index is -0.551. The molecular weight excluding hydrogens is 303 g/mol. The van der Waals surface area contributed by atoms with Gasteiger partial charge in [-0.1, -0.05) is 12.1 Å². The van der Waals surface area contributed by atoms with Crippen LogP contribution in [0, 0.1) is 5.82 Å². The smallest absolute Gasteiger partial charge is 0.224 e. The largest absolute Gasteiger partial charge is 0.338 e. The fraction of sp³-hybridized carbons (Fsp3) is 0.0625. The average molecular weight is 315 g/mol. The summed E-state index contributed by atoms with van der Waals surface area (Å²) in [6.07, 6.45) is 5.39. The van der Waals surface area contributed by atoms with Crippen LogP contribution in [0.15, 0.2) is 55.0 Å². The first-order valence-electron chi connectivity index (χ1n) is 6.63. The summed E-state index contributed by atoms with van der Waals surface area (Å²) in [6.45, 7) is 0. The van der Waals surface area contributed by atoms with Gasteiger partial charge in [0.05, 0.1) is 6.20 Å². The molecule has 0 amide bonds. The van der Waals surface area contributed by atoms with Gasteiger partial charge in [0.25, 0.3) is 0 Å². The van der Waals surface area contributed by atoms with Gasteiger partial charge in [-0.15, -0.1) is 0 Å². The quantitative estimate of drug-likeness (QED) is 0.740. The molecule has 0 radical (unpaired) electrons. The number of anilines is 2. The monoisotopic (exact) mass is 314 g/mol. The van der Waals surface area contributed by atoms with Gasteiger partial charge in [0.2, 0.25) is 5.28 Å². The Balaban J connectivity index is 1.73. The predicted molar refractivity (Wildman–Crippen MR) is 83.8 cm³/mol. The van der Waals surface area contributed by atoms with Crippen molar-refractivity contribution in [2.45, 2.75) is 6.42 Å². The van der Waals surface area contributed by atoms with Crippen molar-refractivity contribution in [2.75, 3.05) is 5.32 Å². The Labute approximate surface area is 132 Å². The fourth-order valence-electron chi connectivity index (χ4n) is 2.01. The van der Waals surface area contributed by atoms with Crippen LogP contribution < -0.4 is 5.32 Å². The molecule has 1 aromatic carbocycles. The van der Waals surface area contributed by atoms with Crippen molar-refractivity contribution in [2.24, 2.45) is 0 Å². The molecule has 2 aromatic heterocycles. The molecule has 0 atom stereocenters. The molecule has 2 heterocycles. The second-order valence-electron chi connectivity index (χ2n) is 4.69. The van der Waals surface area contributed by atoms with Crippen molar-refractivity contribution in [3.05, 3.63) is 77.2 Å². The first kappa shape index (κ1) is 14.4. The van der Waals surface area contributed by atoms with E-state index in [4.69, 9.17) is 11.6 Å². The van der Waals surface area contributed by atoms with Gasteiger partial charge in [0.1, 0.15) is 0 Å². The van der Waals surface area contributed by atoms with Crippen LogP contribution in [-0.4, -0.2) is 15.0 Å². The second-order valence-corrected chi connectivity index (χ2v) is 5.03. The van der Waals surface area contributed by atoms with E-state index in [-0.39, 0.29) is 11.1 Å². The van der Waals surface area contributed by atoms with Gasteiger partial charge in [-0.05, 0) is 53.4 Å². The summed E-state index contributed by atoms with van der Waals surface area (Å²) >= 11 is 5.66. The summed E-state index contributed by atoms with van der Waals surface area (Å²) < 4.78 is 13.6. The van der Waals surface area contributed by atoms with E-state index in [9.17, 15) is 4.39 Å². The SMILES string of the molecule is Fc1cnc(Cl)nc1Nc1ccc(Cc2ccncc2)cc1.